The Kier molecular flexibility index (Phi) is 6.26. The predicted octanol–water partition coefficient (Wildman–Crippen LogP) is 4.73. The quantitative estimate of drug-likeness (QED) is 0.716. The van der Waals surface area contributed by atoms with Crippen LogP contribution in [0.15, 0.2) is 42.5 Å². The number of benzene rings is 2. The first-order chi connectivity index (χ1) is 12.6. The largest absolute Gasteiger partial charge is 0.374 e. The number of carbonyl (C=O) groups is 2. The molecule has 2 aromatic rings. The number of hydrogen-bond acceptors (Lipinski definition) is 3. The van der Waals surface area contributed by atoms with E-state index in [-0.39, 0.29) is 11.8 Å². The Labute approximate surface area is 161 Å². The second-order valence-corrected chi connectivity index (χ2v) is 7.96. The number of anilines is 3. The lowest BCUT2D eigenvalue weighted by atomic mass is 9.95. The zero-order valence-corrected chi connectivity index (χ0v) is 16.9. The molecule has 0 saturated carbocycles. The van der Waals surface area contributed by atoms with Crippen LogP contribution in [-0.4, -0.2) is 17.9 Å². The molecule has 1 unspecified atom stereocenters. The first-order valence-electron chi connectivity index (χ1n) is 9.12. The van der Waals surface area contributed by atoms with Gasteiger partial charge in [-0.1, -0.05) is 38.5 Å². The van der Waals surface area contributed by atoms with E-state index < -0.39 is 11.5 Å². The van der Waals surface area contributed by atoms with Gasteiger partial charge in [-0.15, -0.1) is 0 Å². The van der Waals surface area contributed by atoms with Crippen molar-refractivity contribution in [1.82, 2.24) is 0 Å². The summed E-state index contributed by atoms with van der Waals surface area (Å²) < 4.78 is 0. The average Bonchev–Trinajstić information content (AvgIpc) is 2.58. The van der Waals surface area contributed by atoms with E-state index in [2.05, 4.69) is 16.0 Å². The molecule has 0 aliphatic carbocycles. The Morgan fingerprint density at radius 1 is 0.889 bits per heavy atom. The van der Waals surface area contributed by atoms with Crippen molar-refractivity contribution in [2.45, 2.75) is 47.6 Å². The summed E-state index contributed by atoms with van der Waals surface area (Å²) >= 11 is 0. The summed E-state index contributed by atoms with van der Waals surface area (Å²) in [4.78, 5) is 24.5. The summed E-state index contributed by atoms with van der Waals surface area (Å²) in [5.74, 6) is -0.142. The van der Waals surface area contributed by atoms with E-state index >= 15 is 0 Å². The molecule has 0 spiro atoms. The summed E-state index contributed by atoms with van der Waals surface area (Å²) in [6, 6.07) is 12.9. The molecular weight excluding hydrogens is 338 g/mol. The number of carbonyl (C=O) groups excluding carboxylic acids is 2. The van der Waals surface area contributed by atoms with Crippen LogP contribution < -0.4 is 16.0 Å². The van der Waals surface area contributed by atoms with E-state index in [0.717, 1.165) is 28.2 Å². The van der Waals surface area contributed by atoms with Crippen LogP contribution in [0.3, 0.4) is 0 Å². The minimum absolute atomic E-state index is 0.0376. The van der Waals surface area contributed by atoms with Crippen molar-refractivity contribution in [3.8, 4) is 0 Å². The predicted molar refractivity (Wildman–Crippen MR) is 112 cm³/mol. The normalized spacial score (nSPS) is 12.2. The van der Waals surface area contributed by atoms with Gasteiger partial charge in [0.1, 0.15) is 6.04 Å². The Bertz CT molecular complexity index is 820. The van der Waals surface area contributed by atoms with E-state index in [9.17, 15) is 9.59 Å². The highest BCUT2D eigenvalue weighted by atomic mass is 16.2. The summed E-state index contributed by atoms with van der Waals surface area (Å²) in [5.41, 5.74) is 4.11. The highest BCUT2D eigenvalue weighted by Gasteiger charge is 2.21. The molecule has 5 heteroatoms. The lowest BCUT2D eigenvalue weighted by Gasteiger charge is -2.19. The first-order valence-corrected chi connectivity index (χ1v) is 9.12. The molecular formula is C22H29N3O2. The van der Waals surface area contributed by atoms with Crippen molar-refractivity contribution < 1.29 is 9.59 Å². The monoisotopic (exact) mass is 367 g/mol. The minimum atomic E-state index is -0.447. The zero-order chi connectivity index (χ0) is 20.2. The van der Waals surface area contributed by atoms with Gasteiger partial charge in [0.05, 0.1) is 0 Å². The van der Waals surface area contributed by atoms with E-state index in [0.29, 0.717) is 0 Å². The second kappa shape index (κ2) is 8.25. The van der Waals surface area contributed by atoms with Crippen molar-refractivity contribution in [2.24, 2.45) is 5.41 Å². The fourth-order valence-corrected chi connectivity index (χ4v) is 2.48. The van der Waals surface area contributed by atoms with Crippen LogP contribution >= 0.6 is 0 Å². The number of aryl methyl sites for hydroxylation is 2. The lowest BCUT2D eigenvalue weighted by molar-refractivity contribution is -0.123. The summed E-state index contributed by atoms with van der Waals surface area (Å²) in [5, 5.41) is 9.01. The first kappa shape index (κ1) is 20.5. The molecule has 3 N–H and O–H groups in total. The van der Waals surface area contributed by atoms with Gasteiger partial charge in [0.2, 0.25) is 11.8 Å². The third-order valence-corrected chi connectivity index (χ3v) is 4.24. The maximum Gasteiger partial charge on any atom is 0.246 e. The van der Waals surface area contributed by atoms with Gasteiger partial charge in [0, 0.05) is 22.5 Å². The smallest absolute Gasteiger partial charge is 0.246 e. The topological polar surface area (TPSA) is 70.2 Å². The van der Waals surface area contributed by atoms with Crippen molar-refractivity contribution >= 4 is 28.9 Å². The van der Waals surface area contributed by atoms with E-state index in [4.69, 9.17) is 0 Å². The maximum atomic E-state index is 12.4. The molecule has 144 valence electrons. The molecule has 0 aliphatic rings. The van der Waals surface area contributed by atoms with Crippen LogP contribution in [-0.2, 0) is 9.59 Å². The van der Waals surface area contributed by atoms with E-state index in [1.165, 1.54) is 0 Å². The Morgan fingerprint density at radius 3 is 2.04 bits per heavy atom. The molecule has 0 saturated heterocycles. The van der Waals surface area contributed by atoms with Gasteiger partial charge in [0.15, 0.2) is 0 Å². The van der Waals surface area contributed by atoms with Crippen LogP contribution in [0.5, 0.6) is 0 Å². The second-order valence-electron chi connectivity index (χ2n) is 7.96. The van der Waals surface area contributed by atoms with Crippen molar-refractivity contribution in [3.63, 3.8) is 0 Å². The average molecular weight is 367 g/mol. The van der Waals surface area contributed by atoms with Crippen molar-refractivity contribution in [3.05, 3.63) is 53.6 Å². The highest BCUT2D eigenvalue weighted by Crippen LogP contribution is 2.20. The van der Waals surface area contributed by atoms with Crippen LogP contribution in [0.2, 0.25) is 0 Å². The fraction of sp³-hybridized carbons (Fsp3) is 0.364. The molecule has 0 bridgehead atoms. The molecule has 2 rings (SSSR count). The SMILES string of the molecule is Cc1ccc(NC(=O)C(C)Nc2ccc(NC(=O)C(C)(C)C)cc2)c(C)c1. The zero-order valence-electron chi connectivity index (χ0n) is 16.9. The molecule has 27 heavy (non-hydrogen) atoms. The fourth-order valence-electron chi connectivity index (χ4n) is 2.48. The number of amides is 2. The van der Waals surface area contributed by atoms with Gasteiger partial charge in [-0.3, -0.25) is 9.59 Å². The summed E-state index contributed by atoms with van der Waals surface area (Å²) in [6.45, 7) is 11.4. The molecule has 0 aliphatic heterocycles. The van der Waals surface area contributed by atoms with Gasteiger partial charge in [0.25, 0.3) is 0 Å². The van der Waals surface area contributed by atoms with E-state index in [1.54, 1.807) is 0 Å². The number of rotatable bonds is 5. The Morgan fingerprint density at radius 2 is 1.48 bits per heavy atom. The third kappa shape index (κ3) is 5.84. The molecule has 0 radical (unpaired) electrons. The molecule has 0 fully saturated rings. The van der Waals surface area contributed by atoms with Gasteiger partial charge < -0.3 is 16.0 Å². The van der Waals surface area contributed by atoms with Gasteiger partial charge >= 0.3 is 0 Å². The summed E-state index contributed by atoms with van der Waals surface area (Å²) in [6.07, 6.45) is 0. The molecule has 2 amide bonds. The van der Waals surface area contributed by atoms with Crippen molar-refractivity contribution in [2.75, 3.05) is 16.0 Å². The molecule has 5 nitrogen and oxygen atoms in total. The van der Waals surface area contributed by atoms with Crippen LogP contribution in [0.1, 0.15) is 38.8 Å². The van der Waals surface area contributed by atoms with E-state index in [1.807, 2.05) is 84.0 Å². The van der Waals surface area contributed by atoms with Crippen LogP contribution in [0.4, 0.5) is 17.1 Å². The van der Waals surface area contributed by atoms with Gasteiger partial charge in [-0.05, 0) is 56.7 Å². The Balaban J connectivity index is 1.95. The van der Waals surface area contributed by atoms with Crippen molar-refractivity contribution in [1.29, 1.82) is 0 Å². The highest BCUT2D eigenvalue weighted by molar-refractivity contribution is 5.97. The third-order valence-electron chi connectivity index (χ3n) is 4.24. The van der Waals surface area contributed by atoms with Crippen LogP contribution in [0, 0.1) is 19.3 Å². The molecule has 0 aromatic heterocycles. The minimum Gasteiger partial charge on any atom is -0.374 e. The Hall–Kier alpha value is -2.82. The van der Waals surface area contributed by atoms with Gasteiger partial charge in [-0.25, -0.2) is 0 Å². The molecule has 1 atom stereocenters. The van der Waals surface area contributed by atoms with Gasteiger partial charge in [-0.2, -0.15) is 0 Å². The maximum absolute atomic E-state index is 12.4. The summed E-state index contributed by atoms with van der Waals surface area (Å²) in [7, 11) is 0. The number of nitrogens with one attached hydrogen (secondary N) is 3. The lowest BCUT2D eigenvalue weighted by Crippen LogP contribution is -2.32. The standard InChI is InChI=1S/C22H29N3O2/c1-14-7-12-19(15(2)13-14)25-20(26)16(3)23-17-8-10-18(11-9-17)24-21(27)22(4,5)6/h7-13,16,23H,1-6H3,(H,24,27)(H,25,26). The van der Waals surface area contributed by atoms with Crippen LogP contribution in [0.25, 0.3) is 0 Å². The molecule has 2 aromatic carbocycles. The number of hydrogen-bond donors (Lipinski definition) is 3. The molecule has 0 heterocycles.